The van der Waals surface area contributed by atoms with E-state index < -0.39 is 53.8 Å². The molecule has 2 amide bonds. The Labute approximate surface area is 187 Å². The molecule has 1 saturated heterocycles. The van der Waals surface area contributed by atoms with Gasteiger partial charge in [0.05, 0.1) is 10.2 Å². The van der Waals surface area contributed by atoms with Gasteiger partial charge in [0, 0.05) is 18.2 Å². The first-order valence-electron chi connectivity index (χ1n) is 8.86. The third-order valence-electron chi connectivity index (χ3n) is 4.67. The largest absolute Gasteiger partial charge is 0.477 e. The van der Waals surface area contributed by atoms with E-state index in [1.807, 2.05) is 0 Å². The summed E-state index contributed by atoms with van der Waals surface area (Å²) in [5, 5.41) is 15.1. The number of β-lactam (4-membered cyclic amide) rings is 1. The van der Waals surface area contributed by atoms with Crippen LogP contribution in [0.25, 0.3) is 0 Å². The van der Waals surface area contributed by atoms with Gasteiger partial charge in [-0.2, -0.15) is 5.10 Å². The number of amides is 2. The Morgan fingerprint density at radius 3 is 2.65 bits per heavy atom. The normalized spacial score (nSPS) is 20.5. The number of nitrogens with zero attached hydrogens (tertiary/aromatic N) is 3. The fourth-order valence-electron chi connectivity index (χ4n) is 3.18. The van der Waals surface area contributed by atoms with Crippen LogP contribution in [0.1, 0.15) is 24.7 Å². The van der Waals surface area contributed by atoms with Crippen molar-refractivity contribution in [2.75, 3.05) is 12.4 Å². The van der Waals surface area contributed by atoms with E-state index >= 15 is 0 Å². The molecule has 0 saturated carbocycles. The molecule has 2 atom stereocenters. The number of hydrogen-bond acceptors (Lipinski definition) is 7. The number of hydrogen-bond donors (Lipinski definition) is 2. The molecule has 31 heavy (non-hydrogen) atoms. The van der Waals surface area contributed by atoms with Crippen molar-refractivity contribution < 1.29 is 37.8 Å². The second kappa shape index (κ2) is 8.94. The summed E-state index contributed by atoms with van der Waals surface area (Å²) in [6, 6.07) is -0.976. The average Bonchev–Trinajstić information content (AvgIpc) is 2.98. The zero-order valence-electron chi connectivity index (χ0n) is 16.2. The zero-order chi connectivity index (χ0) is 23.0. The van der Waals surface area contributed by atoms with Crippen molar-refractivity contribution in [3.63, 3.8) is 0 Å². The molecule has 14 heteroatoms. The van der Waals surface area contributed by atoms with E-state index in [9.17, 15) is 33.1 Å². The lowest BCUT2D eigenvalue weighted by Gasteiger charge is -2.49. The van der Waals surface area contributed by atoms with Crippen LogP contribution in [0.15, 0.2) is 15.7 Å². The second-order valence-corrected chi connectivity index (χ2v) is 8.63. The third-order valence-corrected chi connectivity index (χ3v) is 6.99. The molecule has 168 valence electrons. The summed E-state index contributed by atoms with van der Waals surface area (Å²) in [6.07, 6.45) is -2.82. The number of carboxylic acids is 1. The summed E-state index contributed by atoms with van der Waals surface area (Å²) in [5.74, 6) is -3.00. The van der Waals surface area contributed by atoms with Gasteiger partial charge in [-0.25, -0.2) is 13.6 Å². The molecule has 0 aliphatic carbocycles. The van der Waals surface area contributed by atoms with Crippen molar-refractivity contribution in [2.24, 2.45) is 0 Å². The van der Waals surface area contributed by atoms with Crippen molar-refractivity contribution >= 4 is 51.4 Å². The molecule has 0 radical (unpaired) electrons. The third kappa shape index (κ3) is 4.44. The number of carboxylic acid groups (broad SMARTS) is 1. The minimum absolute atomic E-state index is 0.0978. The van der Waals surface area contributed by atoms with E-state index in [1.54, 1.807) is 0 Å². The van der Waals surface area contributed by atoms with Crippen molar-refractivity contribution in [1.29, 1.82) is 0 Å². The van der Waals surface area contributed by atoms with Gasteiger partial charge < -0.3 is 15.2 Å². The maximum Gasteiger partial charge on any atom is 0.352 e. The molecule has 3 rings (SSSR count). The highest BCUT2D eigenvalue weighted by Crippen LogP contribution is 2.40. The summed E-state index contributed by atoms with van der Waals surface area (Å²) in [6.45, 7) is 2.05. The number of nitrogens with one attached hydrogen (secondary N) is 1. The molecule has 1 fully saturated rings. The summed E-state index contributed by atoms with van der Waals surface area (Å²) < 4.78 is 32.0. The molecular formula is C17H17BrF2N4O6S. The number of fused-ring (bicyclic) bond motifs is 1. The molecule has 1 aromatic heterocycles. The number of rotatable bonds is 7. The first kappa shape index (κ1) is 23.2. The molecular weight excluding hydrogens is 506 g/mol. The van der Waals surface area contributed by atoms with Gasteiger partial charge in [0.1, 0.15) is 36.0 Å². The van der Waals surface area contributed by atoms with Gasteiger partial charge in [-0.05, 0) is 22.9 Å². The molecule has 0 bridgehead atoms. The minimum Gasteiger partial charge on any atom is -0.477 e. The molecule has 0 aromatic carbocycles. The van der Waals surface area contributed by atoms with Crippen molar-refractivity contribution in [3.8, 4) is 0 Å². The van der Waals surface area contributed by atoms with E-state index in [-0.39, 0.29) is 28.1 Å². The average molecular weight is 523 g/mol. The monoisotopic (exact) mass is 522 g/mol. The molecule has 3 heterocycles. The molecule has 2 aliphatic heterocycles. The fourth-order valence-corrected chi connectivity index (χ4v) is 4.96. The number of aliphatic carboxylic acids is 1. The van der Waals surface area contributed by atoms with E-state index in [2.05, 4.69) is 26.3 Å². The highest BCUT2D eigenvalue weighted by molar-refractivity contribution is 9.10. The summed E-state index contributed by atoms with van der Waals surface area (Å²) >= 11 is 4.23. The van der Waals surface area contributed by atoms with Gasteiger partial charge in [-0.15, -0.1) is 11.8 Å². The van der Waals surface area contributed by atoms with Crippen LogP contribution < -0.4 is 5.32 Å². The zero-order valence-corrected chi connectivity index (χ0v) is 18.6. The van der Waals surface area contributed by atoms with Gasteiger partial charge in [-0.3, -0.25) is 24.0 Å². The number of thioether (sulfide) groups is 1. The van der Waals surface area contributed by atoms with Gasteiger partial charge in [0.15, 0.2) is 0 Å². The predicted octanol–water partition coefficient (Wildman–Crippen LogP) is 1.19. The quantitative estimate of drug-likeness (QED) is 0.403. The standard InChI is InChI=1S/C17H17BrF2N4O6S/c1-6-10(18)11(14(19)20)22-23(6)3-9(26)21-12-15(27)24-13(17(28)29)8(4-30-7(2)25)5-31-16(12)24/h12,14,16H,3-5H2,1-2H3,(H,21,26)(H,28,29). The Hall–Kier alpha value is -2.48. The fraction of sp³-hybridized carbons (Fsp3) is 0.471. The SMILES string of the molecule is CC(=O)OCC1=C(C(=O)O)N2C(=O)C(NC(=O)Cn3nc(C(F)F)c(Br)c3C)C2SC1. The molecule has 2 N–H and O–H groups in total. The highest BCUT2D eigenvalue weighted by atomic mass is 79.9. The molecule has 0 spiro atoms. The Morgan fingerprint density at radius 2 is 2.10 bits per heavy atom. The maximum absolute atomic E-state index is 13.0. The first-order valence-corrected chi connectivity index (χ1v) is 10.7. The van der Waals surface area contributed by atoms with E-state index in [4.69, 9.17) is 4.74 Å². The van der Waals surface area contributed by atoms with Crippen LogP contribution in [0.2, 0.25) is 0 Å². The number of aromatic nitrogens is 2. The van der Waals surface area contributed by atoms with Crippen molar-refractivity contribution in [3.05, 3.63) is 27.1 Å². The lowest BCUT2D eigenvalue weighted by atomic mass is 10.0. The van der Waals surface area contributed by atoms with Crippen molar-refractivity contribution in [1.82, 2.24) is 20.0 Å². The van der Waals surface area contributed by atoms with E-state index in [1.165, 1.54) is 25.6 Å². The van der Waals surface area contributed by atoms with E-state index in [0.717, 1.165) is 9.58 Å². The Morgan fingerprint density at radius 1 is 1.42 bits per heavy atom. The van der Waals surface area contributed by atoms with Gasteiger partial charge >= 0.3 is 11.9 Å². The van der Waals surface area contributed by atoms with Crippen LogP contribution in [0.3, 0.4) is 0 Å². The number of ether oxygens (including phenoxy) is 1. The van der Waals surface area contributed by atoms with Crippen LogP contribution in [-0.4, -0.2) is 67.3 Å². The number of alkyl halides is 2. The molecule has 2 aliphatic rings. The lowest BCUT2D eigenvalue weighted by molar-refractivity contribution is -0.151. The predicted molar refractivity (Wildman–Crippen MR) is 106 cm³/mol. The van der Waals surface area contributed by atoms with Crippen LogP contribution in [-0.2, 0) is 30.5 Å². The van der Waals surface area contributed by atoms with Gasteiger partial charge in [0.2, 0.25) is 5.91 Å². The van der Waals surface area contributed by atoms with Crippen LogP contribution in [0.5, 0.6) is 0 Å². The highest BCUT2D eigenvalue weighted by Gasteiger charge is 2.54. The first-order chi connectivity index (χ1) is 14.5. The number of halogens is 3. The number of carbonyl (C=O) groups is 4. The number of esters is 1. The summed E-state index contributed by atoms with van der Waals surface area (Å²) in [7, 11) is 0. The molecule has 10 nitrogen and oxygen atoms in total. The van der Waals surface area contributed by atoms with Crippen LogP contribution >= 0.6 is 27.7 Å². The smallest absolute Gasteiger partial charge is 0.352 e. The molecule has 1 aromatic rings. The Balaban J connectivity index is 1.70. The van der Waals surface area contributed by atoms with Gasteiger partial charge in [-0.1, -0.05) is 0 Å². The van der Waals surface area contributed by atoms with Crippen LogP contribution in [0, 0.1) is 6.92 Å². The topological polar surface area (TPSA) is 131 Å². The van der Waals surface area contributed by atoms with Crippen LogP contribution in [0.4, 0.5) is 8.78 Å². The molecule has 2 unspecified atom stereocenters. The minimum atomic E-state index is -2.82. The Kier molecular flexibility index (Phi) is 6.69. The van der Waals surface area contributed by atoms with Crippen molar-refractivity contribution in [2.45, 2.75) is 38.2 Å². The maximum atomic E-state index is 13.0. The summed E-state index contributed by atoms with van der Waals surface area (Å²) in [5.41, 5.74) is -0.159. The Bertz CT molecular complexity index is 998. The summed E-state index contributed by atoms with van der Waals surface area (Å²) in [4.78, 5) is 48.7. The van der Waals surface area contributed by atoms with Gasteiger partial charge in [0.25, 0.3) is 12.3 Å². The van der Waals surface area contributed by atoms with E-state index in [0.29, 0.717) is 5.69 Å². The number of carbonyl (C=O) groups excluding carboxylic acids is 3. The second-order valence-electron chi connectivity index (χ2n) is 6.74. The lowest BCUT2D eigenvalue weighted by Crippen LogP contribution is -2.70.